The number of hydrogen-bond acceptors (Lipinski definition) is 2. The zero-order valence-electron chi connectivity index (χ0n) is 11.2. The summed E-state index contributed by atoms with van der Waals surface area (Å²) in [6.45, 7) is 3.84. The van der Waals surface area contributed by atoms with E-state index in [0.29, 0.717) is 6.42 Å². The highest BCUT2D eigenvalue weighted by Gasteiger charge is 2.25. The monoisotopic (exact) mass is 253 g/mol. The van der Waals surface area contributed by atoms with Crippen LogP contribution in [0.1, 0.15) is 52.4 Å². The van der Waals surface area contributed by atoms with Crippen molar-refractivity contribution in [3.63, 3.8) is 0 Å². The Kier molecular flexibility index (Phi) is 5.89. The first-order valence-electron chi connectivity index (χ1n) is 6.67. The molecule has 0 saturated heterocycles. The highest BCUT2D eigenvalue weighted by atomic mass is 16.4. The molecule has 1 aliphatic rings. The van der Waals surface area contributed by atoms with Gasteiger partial charge in [-0.25, -0.2) is 4.79 Å². The van der Waals surface area contributed by atoms with Gasteiger partial charge in [0.05, 0.1) is 0 Å². The van der Waals surface area contributed by atoms with E-state index in [-0.39, 0.29) is 11.8 Å². The van der Waals surface area contributed by atoms with E-state index in [4.69, 9.17) is 5.11 Å². The Hall–Kier alpha value is -1.32. The Morgan fingerprint density at radius 1 is 1.28 bits per heavy atom. The number of carbonyl (C=O) groups is 2. The van der Waals surface area contributed by atoms with E-state index >= 15 is 0 Å². The van der Waals surface area contributed by atoms with Gasteiger partial charge >= 0.3 is 5.97 Å². The average Bonchev–Trinajstić information content (AvgIpc) is 2.34. The van der Waals surface area contributed by atoms with Crippen LogP contribution in [0.4, 0.5) is 0 Å². The molecule has 2 N–H and O–H groups in total. The fourth-order valence-electron chi connectivity index (χ4n) is 2.23. The number of aliphatic carboxylic acids is 1. The quantitative estimate of drug-likeness (QED) is 0.740. The molecule has 1 atom stereocenters. The number of rotatable bonds is 5. The van der Waals surface area contributed by atoms with Crippen molar-refractivity contribution in [2.75, 3.05) is 0 Å². The molecule has 1 saturated carbocycles. The molecule has 0 spiro atoms. The molecule has 1 amide bonds. The maximum atomic E-state index is 12.0. The van der Waals surface area contributed by atoms with Crippen LogP contribution >= 0.6 is 0 Å². The van der Waals surface area contributed by atoms with Crippen LogP contribution in [-0.4, -0.2) is 23.0 Å². The normalized spacial score (nSPS) is 17.9. The first kappa shape index (κ1) is 14.7. The van der Waals surface area contributed by atoms with E-state index in [9.17, 15) is 9.59 Å². The van der Waals surface area contributed by atoms with Crippen molar-refractivity contribution >= 4 is 11.9 Å². The smallest absolute Gasteiger partial charge is 0.326 e. The SMILES string of the molecule is CC(C)=CC[C@@H](NC(=O)C1CCCCC1)C(=O)O. The predicted molar refractivity (Wildman–Crippen MR) is 70.2 cm³/mol. The summed E-state index contributed by atoms with van der Waals surface area (Å²) in [7, 11) is 0. The van der Waals surface area contributed by atoms with Crippen LogP contribution in [0.3, 0.4) is 0 Å². The average molecular weight is 253 g/mol. The topological polar surface area (TPSA) is 66.4 Å². The Labute approximate surface area is 108 Å². The second-order valence-electron chi connectivity index (χ2n) is 5.25. The number of amides is 1. The summed E-state index contributed by atoms with van der Waals surface area (Å²) < 4.78 is 0. The van der Waals surface area contributed by atoms with E-state index in [0.717, 1.165) is 31.3 Å². The van der Waals surface area contributed by atoms with Gasteiger partial charge in [0.2, 0.25) is 5.91 Å². The van der Waals surface area contributed by atoms with Crippen molar-refractivity contribution in [1.82, 2.24) is 5.32 Å². The largest absolute Gasteiger partial charge is 0.480 e. The third kappa shape index (κ3) is 4.90. The van der Waals surface area contributed by atoms with Crippen molar-refractivity contribution in [3.8, 4) is 0 Å². The molecule has 0 bridgehead atoms. The minimum atomic E-state index is -0.961. The molecule has 1 rings (SSSR count). The lowest BCUT2D eigenvalue weighted by atomic mass is 9.88. The van der Waals surface area contributed by atoms with Gasteiger partial charge in [0, 0.05) is 5.92 Å². The van der Waals surface area contributed by atoms with Crippen molar-refractivity contribution in [3.05, 3.63) is 11.6 Å². The van der Waals surface area contributed by atoms with Crippen LogP contribution in [0.5, 0.6) is 0 Å². The highest BCUT2D eigenvalue weighted by molar-refractivity contribution is 5.85. The lowest BCUT2D eigenvalue weighted by Gasteiger charge is -2.22. The van der Waals surface area contributed by atoms with E-state index in [1.807, 2.05) is 19.9 Å². The molecule has 0 aromatic heterocycles. The second-order valence-corrected chi connectivity index (χ2v) is 5.25. The predicted octanol–water partition coefficient (Wildman–Crippen LogP) is 2.49. The van der Waals surface area contributed by atoms with Gasteiger partial charge < -0.3 is 10.4 Å². The fourth-order valence-corrected chi connectivity index (χ4v) is 2.23. The first-order valence-corrected chi connectivity index (χ1v) is 6.67. The Morgan fingerprint density at radius 2 is 1.89 bits per heavy atom. The standard InChI is InChI=1S/C14H23NO3/c1-10(2)8-9-12(14(17)18)15-13(16)11-6-4-3-5-7-11/h8,11-12H,3-7,9H2,1-2H3,(H,15,16)(H,17,18)/t12-/m1/s1. The summed E-state index contributed by atoms with van der Waals surface area (Å²) in [4.78, 5) is 23.0. The third-order valence-electron chi connectivity index (χ3n) is 3.35. The van der Waals surface area contributed by atoms with Crippen molar-refractivity contribution < 1.29 is 14.7 Å². The molecule has 0 unspecified atom stereocenters. The molecule has 4 heteroatoms. The minimum absolute atomic E-state index is 0.00676. The number of allylic oxidation sites excluding steroid dienone is 1. The summed E-state index contributed by atoms with van der Waals surface area (Å²) in [5, 5.41) is 11.7. The summed E-state index contributed by atoms with van der Waals surface area (Å²) >= 11 is 0. The molecule has 1 fully saturated rings. The van der Waals surface area contributed by atoms with E-state index in [1.165, 1.54) is 6.42 Å². The van der Waals surface area contributed by atoms with Gasteiger partial charge in [-0.15, -0.1) is 0 Å². The molecule has 0 aliphatic heterocycles. The second kappa shape index (κ2) is 7.19. The Morgan fingerprint density at radius 3 is 2.39 bits per heavy atom. The van der Waals surface area contributed by atoms with Crippen molar-refractivity contribution in [2.45, 2.75) is 58.4 Å². The Balaban J connectivity index is 2.51. The van der Waals surface area contributed by atoms with E-state index < -0.39 is 12.0 Å². The molecule has 0 radical (unpaired) electrons. The van der Waals surface area contributed by atoms with Crippen molar-refractivity contribution in [2.24, 2.45) is 5.92 Å². The van der Waals surface area contributed by atoms with E-state index in [1.54, 1.807) is 0 Å². The van der Waals surface area contributed by atoms with Gasteiger partial charge in [0.1, 0.15) is 6.04 Å². The zero-order valence-corrected chi connectivity index (χ0v) is 11.2. The van der Waals surface area contributed by atoms with Crippen LogP contribution in [0, 0.1) is 5.92 Å². The van der Waals surface area contributed by atoms with Crippen LogP contribution in [0.25, 0.3) is 0 Å². The lowest BCUT2D eigenvalue weighted by molar-refractivity contribution is -0.142. The molecule has 18 heavy (non-hydrogen) atoms. The number of nitrogens with one attached hydrogen (secondary N) is 1. The van der Waals surface area contributed by atoms with Gasteiger partial charge in [-0.3, -0.25) is 4.79 Å². The number of carboxylic acids is 1. The molecular weight excluding hydrogens is 230 g/mol. The fraction of sp³-hybridized carbons (Fsp3) is 0.714. The third-order valence-corrected chi connectivity index (χ3v) is 3.35. The summed E-state index contributed by atoms with van der Waals surface area (Å²) in [6, 6.07) is -0.797. The molecule has 102 valence electrons. The van der Waals surface area contributed by atoms with Crippen LogP contribution in [0.15, 0.2) is 11.6 Å². The summed E-state index contributed by atoms with van der Waals surface area (Å²) in [5.41, 5.74) is 1.06. The minimum Gasteiger partial charge on any atom is -0.480 e. The van der Waals surface area contributed by atoms with Crippen LogP contribution < -0.4 is 5.32 Å². The van der Waals surface area contributed by atoms with E-state index in [2.05, 4.69) is 5.32 Å². The number of hydrogen-bond donors (Lipinski definition) is 2. The van der Waals surface area contributed by atoms with Gasteiger partial charge in [-0.1, -0.05) is 30.9 Å². The molecular formula is C14H23NO3. The molecule has 1 aliphatic carbocycles. The van der Waals surface area contributed by atoms with Crippen LogP contribution in [-0.2, 0) is 9.59 Å². The summed E-state index contributed by atoms with van der Waals surface area (Å²) in [5.74, 6) is -1.05. The molecule has 0 aromatic carbocycles. The van der Waals surface area contributed by atoms with Crippen LogP contribution in [0.2, 0.25) is 0 Å². The van der Waals surface area contributed by atoms with Gasteiger partial charge in [-0.2, -0.15) is 0 Å². The highest BCUT2D eigenvalue weighted by Crippen LogP contribution is 2.23. The van der Waals surface area contributed by atoms with Gasteiger partial charge in [0.15, 0.2) is 0 Å². The zero-order chi connectivity index (χ0) is 13.5. The van der Waals surface area contributed by atoms with Gasteiger partial charge in [0.25, 0.3) is 0 Å². The number of carboxylic acid groups (broad SMARTS) is 1. The summed E-state index contributed by atoms with van der Waals surface area (Å²) in [6.07, 6.45) is 7.31. The lowest BCUT2D eigenvalue weighted by Crippen LogP contribution is -2.43. The first-order chi connectivity index (χ1) is 8.50. The molecule has 0 heterocycles. The van der Waals surface area contributed by atoms with Gasteiger partial charge in [-0.05, 0) is 33.1 Å². The maximum absolute atomic E-state index is 12.0. The maximum Gasteiger partial charge on any atom is 0.326 e. The Bertz CT molecular complexity index is 326. The van der Waals surface area contributed by atoms with Crippen molar-refractivity contribution in [1.29, 1.82) is 0 Å². The molecule has 4 nitrogen and oxygen atoms in total. The molecule has 0 aromatic rings. The number of carbonyl (C=O) groups excluding carboxylic acids is 1.